The summed E-state index contributed by atoms with van der Waals surface area (Å²) in [4.78, 5) is 16.5. The van der Waals surface area contributed by atoms with Crippen LogP contribution < -0.4 is 4.90 Å². The smallest absolute Gasteiger partial charge is 0.305 e. The topological polar surface area (TPSA) is 32.8 Å². The van der Waals surface area contributed by atoms with Crippen molar-refractivity contribution < 1.29 is 9.53 Å². The molecule has 4 nitrogen and oxygen atoms in total. The molecule has 2 heterocycles. The molecular formula is C22H26N2O2. The molecule has 26 heavy (non-hydrogen) atoms. The van der Waals surface area contributed by atoms with E-state index in [0.717, 1.165) is 39.0 Å². The van der Waals surface area contributed by atoms with E-state index >= 15 is 0 Å². The number of ether oxygens (including phenoxy) is 1. The largest absolute Gasteiger partial charge is 0.469 e. The van der Waals surface area contributed by atoms with Crippen LogP contribution in [-0.4, -0.2) is 44.2 Å². The van der Waals surface area contributed by atoms with Crippen molar-refractivity contribution >= 4 is 11.7 Å². The monoisotopic (exact) mass is 350 g/mol. The van der Waals surface area contributed by atoms with Crippen molar-refractivity contribution in [2.24, 2.45) is 0 Å². The van der Waals surface area contributed by atoms with Crippen molar-refractivity contribution in [1.29, 1.82) is 0 Å². The van der Waals surface area contributed by atoms with E-state index in [2.05, 4.69) is 58.3 Å². The Morgan fingerprint density at radius 2 is 1.85 bits per heavy atom. The second-order valence-electron chi connectivity index (χ2n) is 7.19. The van der Waals surface area contributed by atoms with Crippen LogP contribution in [0, 0.1) is 0 Å². The van der Waals surface area contributed by atoms with Crippen LogP contribution in [0.4, 0.5) is 5.69 Å². The number of carbonyl (C=O) groups excluding carboxylic acids is 1. The number of carbonyl (C=O) groups is 1. The normalized spacial score (nSPS) is 19.1. The SMILES string of the molecule is COC(=O)CCCN1CCN2c3ccccc3Cc3ccccc3C2C1. The van der Waals surface area contributed by atoms with Crippen molar-refractivity contribution in [2.45, 2.75) is 25.3 Å². The van der Waals surface area contributed by atoms with Gasteiger partial charge < -0.3 is 9.64 Å². The molecule has 2 aliphatic heterocycles. The number of rotatable bonds is 4. The van der Waals surface area contributed by atoms with E-state index in [0.29, 0.717) is 12.5 Å². The van der Waals surface area contributed by atoms with Gasteiger partial charge in [0, 0.05) is 31.7 Å². The Morgan fingerprint density at radius 1 is 1.08 bits per heavy atom. The lowest BCUT2D eigenvalue weighted by atomic mass is 9.96. The van der Waals surface area contributed by atoms with Gasteiger partial charge in [0.2, 0.25) is 0 Å². The zero-order valence-electron chi connectivity index (χ0n) is 15.4. The molecule has 2 aliphatic rings. The molecule has 1 atom stereocenters. The van der Waals surface area contributed by atoms with Gasteiger partial charge in [-0.3, -0.25) is 9.69 Å². The Labute approximate surface area is 155 Å². The molecule has 1 saturated heterocycles. The van der Waals surface area contributed by atoms with Crippen LogP contribution in [0.1, 0.15) is 35.6 Å². The van der Waals surface area contributed by atoms with Gasteiger partial charge in [0.05, 0.1) is 13.2 Å². The van der Waals surface area contributed by atoms with Crippen LogP contribution >= 0.6 is 0 Å². The zero-order chi connectivity index (χ0) is 17.9. The molecule has 1 unspecified atom stereocenters. The van der Waals surface area contributed by atoms with Gasteiger partial charge in [-0.15, -0.1) is 0 Å². The van der Waals surface area contributed by atoms with Crippen LogP contribution in [0.3, 0.4) is 0 Å². The predicted molar refractivity (Wildman–Crippen MR) is 103 cm³/mol. The van der Waals surface area contributed by atoms with Gasteiger partial charge in [-0.2, -0.15) is 0 Å². The summed E-state index contributed by atoms with van der Waals surface area (Å²) < 4.78 is 4.76. The van der Waals surface area contributed by atoms with E-state index in [-0.39, 0.29) is 5.97 Å². The molecule has 4 heteroatoms. The number of para-hydroxylation sites is 1. The van der Waals surface area contributed by atoms with Gasteiger partial charge >= 0.3 is 5.97 Å². The third-order valence-corrected chi connectivity index (χ3v) is 5.64. The first-order valence-corrected chi connectivity index (χ1v) is 9.48. The van der Waals surface area contributed by atoms with E-state index in [4.69, 9.17) is 4.74 Å². The van der Waals surface area contributed by atoms with Crippen molar-refractivity contribution in [3.8, 4) is 0 Å². The van der Waals surface area contributed by atoms with E-state index in [1.165, 1.54) is 29.5 Å². The lowest BCUT2D eigenvalue weighted by Crippen LogP contribution is -2.48. The number of fused-ring (bicyclic) bond motifs is 5. The average molecular weight is 350 g/mol. The highest BCUT2D eigenvalue weighted by Gasteiger charge is 2.32. The summed E-state index contributed by atoms with van der Waals surface area (Å²) in [6.07, 6.45) is 2.36. The molecular weight excluding hydrogens is 324 g/mol. The molecule has 0 radical (unpaired) electrons. The first-order valence-electron chi connectivity index (χ1n) is 9.48. The van der Waals surface area contributed by atoms with Crippen LogP contribution in [0.2, 0.25) is 0 Å². The summed E-state index contributed by atoms with van der Waals surface area (Å²) >= 11 is 0. The summed E-state index contributed by atoms with van der Waals surface area (Å²) in [5.41, 5.74) is 5.68. The predicted octanol–water partition coefficient (Wildman–Crippen LogP) is 3.41. The second kappa shape index (κ2) is 7.50. The maximum atomic E-state index is 11.4. The Balaban J connectivity index is 1.57. The first-order chi connectivity index (χ1) is 12.8. The fourth-order valence-electron chi connectivity index (χ4n) is 4.31. The minimum Gasteiger partial charge on any atom is -0.469 e. The van der Waals surface area contributed by atoms with Crippen LogP contribution in [0.15, 0.2) is 48.5 Å². The average Bonchev–Trinajstić information content (AvgIpc) is 2.82. The molecule has 0 bridgehead atoms. The molecule has 1 fully saturated rings. The highest BCUT2D eigenvalue weighted by atomic mass is 16.5. The van der Waals surface area contributed by atoms with Gasteiger partial charge in [-0.05, 0) is 42.1 Å². The summed E-state index contributed by atoms with van der Waals surface area (Å²) in [7, 11) is 1.46. The van der Waals surface area contributed by atoms with Crippen molar-refractivity contribution in [1.82, 2.24) is 4.90 Å². The second-order valence-corrected chi connectivity index (χ2v) is 7.19. The molecule has 0 aliphatic carbocycles. The van der Waals surface area contributed by atoms with E-state index < -0.39 is 0 Å². The van der Waals surface area contributed by atoms with Crippen LogP contribution in [0.25, 0.3) is 0 Å². The molecule has 2 aromatic carbocycles. The molecule has 136 valence electrons. The van der Waals surface area contributed by atoms with Crippen molar-refractivity contribution in [3.05, 3.63) is 65.2 Å². The van der Waals surface area contributed by atoms with Crippen LogP contribution in [0.5, 0.6) is 0 Å². The summed E-state index contributed by atoms with van der Waals surface area (Å²) in [5.74, 6) is -0.114. The lowest BCUT2D eigenvalue weighted by Gasteiger charge is -2.43. The molecule has 0 amide bonds. The van der Waals surface area contributed by atoms with Crippen molar-refractivity contribution in [3.63, 3.8) is 0 Å². The number of hydrogen-bond acceptors (Lipinski definition) is 4. The van der Waals surface area contributed by atoms with Gasteiger partial charge in [0.1, 0.15) is 0 Å². The van der Waals surface area contributed by atoms with Crippen molar-refractivity contribution in [2.75, 3.05) is 38.2 Å². The third kappa shape index (κ3) is 3.34. The molecule has 0 aromatic heterocycles. The summed E-state index contributed by atoms with van der Waals surface area (Å²) in [5, 5.41) is 0. The van der Waals surface area contributed by atoms with Gasteiger partial charge in [0.15, 0.2) is 0 Å². The van der Waals surface area contributed by atoms with Gasteiger partial charge in [0.25, 0.3) is 0 Å². The molecule has 2 aromatic rings. The highest BCUT2D eigenvalue weighted by molar-refractivity contribution is 5.69. The Kier molecular flexibility index (Phi) is 4.93. The molecule has 0 spiro atoms. The van der Waals surface area contributed by atoms with Gasteiger partial charge in [-0.1, -0.05) is 42.5 Å². The highest BCUT2D eigenvalue weighted by Crippen LogP contribution is 2.39. The Bertz CT molecular complexity index is 789. The number of piperazine rings is 1. The fraction of sp³-hybridized carbons (Fsp3) is 0.409. The minimum absolute atomic E-state index is 0.114. The summed E-state index contributed by atoms with van der Waals surface area (Å²) in [6, 6.07) is 18.1. The molecule has 0 saturated carbocycles. The third-order valence-electron chi connectivity index (χ3n) is 5.64. The number of hydrogen-bond donors (Lipinski definition) is 0. The number of benzene rings is 2. The standard InChI is InChI=1S/C22H26N2O2/c1-26-22(25)11-6-12-23-13-14-24-20-10-5-3-8-18(20)15-17-7-2-4-9-19(17)21(24)16-23/h2-5,7-10,21H,6,11-16H2,1H3. The number of methoxy groups -OCH3 is 1. The number of anilines is 1. The minimum atomic E-state index is -0.114. The molecule has 0 N–H and O–H groups in total. The lowest BCUT2D eigenvalue weighted by molar-refractivity contribution is -0.140. The quantitative estimate of drug-likeness (QED) is 0.791. The van der Waals surface area contributed by atoms with E-state index in [1.54, 1.807) is 0 Å². The van der Waals surface area contributed by atoms with Crippen LogP contribution in [-0.2, 0) is 16.0 Å². The number of esters is 1. The zero-order valence-corrected chi connectivity index (χ0v) is 15.4. The fourth-order valence-corrected chi connectivity index (χ4v) is 4.31. The van der Waals surface area contributed by atoms with Gasteiger partial charge in [-0.25, -0.2) is 0 Å². The summed E-state index contributed by atoms with van der Waals surface area (Å²) in [6.45, 7) is 4.01. The number of nitrogens with zero attached hydrogens (tertiary/aromatic N) is 2. The first kappa shape index (κ1) is 17.1. The Hall–Kier alpha value is -2.33. The van der Waals surface area contributed by atoms with E-state index in [9.17, 15) is 4.79 Å². The Morgan fingerprint density at radius 3 is 2.69 bits per heavy atom. The maximum absolute atomic E-state index is 11.4. The maximum Gasteiger partial charge on any atom is 0.305 e. The molecule has 4 rings (SSSR count). The van der Waals surface area contributed by atoms with E-state index in [1.807, 2.05) is 0 Å².